The first kappa shape index (κ1) is 17.3. The maximum atomic E-state index is 11.7. The fraction of sp³-hybridized carbons (Fsp3) is 0.111. The number of nitrogens with one attached hydrogen (secondary N) is 1. The van der Waals surface area contributed by atoms with Crippen LogP contribution in [-0.4, -0.2) is 15.0 Å². The Morgan fingerprint density at radius 1 is 0.920 bits per heavy atom. The number of benzene rings is 2. The minimum absolute atomic E-state index is 0.395. The van der Waals surface area contributed by atoms with Crippen molar-refractivity contribution in [3.8, 4) is 6.07 Å². The van der Waals surface area contributed by atoms with Gasteiger partial charge in [0.05, 0.1) is 11.6 Å². The van der Waals surface area contributed by atoms with Gasteiger partial charge in [-0.15, -0.1) is 0 Å². The van der Waals surface area contributed by atoms with E-state index in [1.807, 2.05) is 42.5 Å². The van der Waals surface area contributed by atoms with Crippen LogP contribution in [0.5, 0.6) is 0 Å². The molecule has 0 aliphatic carbocycles. The van der Waals surface area contributed by atoms with Crippen LogP contribution in [0, 0.1) is 11.3 Å². The predicted molar refractivity (Wildman–Crippen MR) is 99.4 cm³/mol. The molecule has 0 atom stereocenters. The molecule has 1 heterocycles. The number of hydrogen-bond donors (Lipinski definition) is 1. The summed E-state index contributed by atoms with van der Waals surface area (Å²) in [5.41, 5.74) is 2.45. The van der Waals surface area contributed by atoms with E-state index in [0.717, 1.165) is 11.1 Å². The fourth-order valence-corrected chi connectivity index (χ4v) is 3.68. The topological polar surface area (TPSA) is 82.4 Å². The highest BCUT2D eigenvalue weighted by Crippen LogP contribution is 2.22. The molecular formula is C18H14N4OS2. The van der Waals surface area contributed by atoms with Crippen molar-refractivity contribution in [1.29, 1.82) is 5.26 Å². The number of rotatable bonds is 6. The highest BCUT2D eigenvalue weighted by molar-refractivity contribution is 7.99. The van der Waals surface area contributed by atoms with Gasteiger partial charge in [0.2, 0.25) is 0 Å². The Morgan fingerprint density at radius 2 is 1.60 bits per heavy atom. The van der Waals surface area contributed by atoms with E-state index in [9.17, 15) is 4.79 Å². The molecule has 5 nitrogen and oxygen atoms in total. The minimum atomic E-state index is -0.395. The molecule has 7 heteroatoms. The van der Waals surface area contributed by atoms with Gasteiger partial charge in [-0.2, -0.15) is 15.2 Å². The van der Waals surface area contributed by atoms with E-state index in [4.69, 9.17) is 5.26 Å². The summed E-state index contributed by atoms with van der Waals surface area (Å²) in [5.74, 6) is 1.37. The van der Waals surface area contributed by atoms with E-state index in [1.165, 1.54) is 23.5 Å². The third-order valence-electron chi connectivity index (χ3n) is 3.28. The zero-order valence-corrected chi connectivity index (χ0v) is 14.8. The number of aromatic nitrogens is 3. The molecule has 0 spiro atoms. The van der Waals surface area contributed by atoms with Crippen LogP contribution in [0.2, 0.25) is 0 Å². The summed E-state index contributed by atoms with van der Waals surface area (Å²) in [5, 5.41) is 9.83. The zero-order valence-electron chi connectivity index (χ0n) is 13.2. The second-order valence-corrected chi connectivity index (χ2v) is 7.02. The highest BCUT2D eigenvalue weighted by Gasteiger charge is 2.06. The number of thioether (sulfide) groups is 2. The van der Waals surface area contributed by atoms with Crippen molar-refractivity contribution in [1.82, 2.24) is 15.0 Å². The van der Waals surface area contributed by atoms with Crippen molar-refractivity contribution < 1.29 is 0 Å². The van der Waals surface area contributed by atoms with E-state index in [1.54, 1.807) is 12.1 Å². The Morgan fingerprint density at radius 3 is 2.32 bits per heavy atom. The lowest BCUT2D eigenvalue weighted by Gasteiger charge is -2.04. The molecule has 3 rings (SSSR count). The minimum Gasteiger partial charge on any atom is -0.285 e. The summed E-state index contributed by atoms with van der Waals surface area (Å²) < 4.78 is 0. The lowest BCUT2D eigenvalue weighted by Crippen LogP contribution is -2.13. The summed E-state index contributed by atoms with van der Waals surface area (Å²) >= 11 is 2.87. The largest absolute Gasteiger partial charge is 0.349 e. The quantitative estimate of drug-likeness (QED) is 0.671. The summed E-state index contributed by atoms with van der Waals surface area (Å²) in [6, 6.07) is 19.4. The molecule has 124 valence electrons. The summed E-state index contributed by atoms with van der Waals surface area (Å²) in [7, 11) is 0. The Hall–Kier alpha value is -2.56. The Kier molecular flexibility index (Phi) is 5.88. The van der Waals surface area contributed by atoms with Gasteiger partial charge in [0.25, 0.3) is 0 Å². The van der Waals surface area contributed by atoms with Crippen LogP contribution in [-0.2, 0) is 11.5 Å². The van der Waals surface area contributed by atoms with Gasteiger partial charge >= 0.3 is 5.69 Å². The first-order chi connectivity index (χ1) is 12.2. The van der Waals surface area contributed by atoms with Crippen molar-refractivity contribution in [3.63, 3.8) is 0 Å². The second kappa shape index (κ2) is 8.51. The summed E-state index contributed by atoms with van der Waals surface area (Å²) in [6.07, 6.45) is 0. The first-order valence-electron chi connectivity index (χ1n) is 7.50. The standard InChI is InChI=1S/C18H14N4OS2/c19-10-13-6-8-15(9-7-13)12-25-18-21-16(23)20-17(22-18)24-11-14-4-2-1-3-5-14/h1-9H,11-12H2,(H,20,21,22,23). The second-order valence-electron chi connectivity index (χ2n) is 5.11. The molecule has 2 aromatic carbocycles. The molecule has 0 amide bonds. The Bertz CT molecular complexity index is 934. The number of nitriles is 1. The molecule has 1 N–H and O–H groups in total. The van der Waals surface area contributed by atoms with Crippen molar-refractivity contribution in [2.75, 3.05) is 0 Å². The average molecular weight is 366 g/mol. The van der Waals surface area contributed by atoms with Gasteiger partial charge in [-0.3, -0.25) is 4.98 Å². The molecule has 0 radical (unpaired) electrons. The maximum Gasteiger partial charge on any atom is 0.349 e. The van der Waals surface area contributed by atoms with Crippen molar-refractivity contribution >= 4 is 23.5 Å². The van der Waals surface area contributed by atoms with Crippen LogP contribution < -0.4 is 5.69 Å². The lowest BCUT2D eigenvalue weighted by atomic mass is 10.2. The molecule has 0 fully saturated rings. The highest BCUT2D eigenvalue weighted by atomic mass is 32.2. The molecular weight excluding hydrogens is 352 g/mol. The van der Waals surface area contributed by atoms with Gasteiger partial charge in [0.15, 0.2) is 10.3 Å². The number of nitrogens with zero attached hydrogens (tertiary/aromatic N) is 3. The average Bonchev–Trinajstić information content (AvgIpc) is 2.66. The molecule has 0 saturated heterocycles. The SMILES string of the molecule is N#Cc1ccc(CSc2nc(SCc3ccccc3)nc(=O)[nH]2)cc1. The molecule has 3 aromatic rings. The molecule has 1 aromatic heterocycles. The third kappa shape index (κ3) is 5.21. The summed E-state index contributed by atoms with van der Waals surface area (Å²) in [4.78, 5) is 22.7. The Balaban J connectivity index is 1.64. The van der Waals surface area contributed by atoms with Crippen LogP contribution in [0.15, 0.2) is 69.7 Å². The maximum absolute atomic E-state index is 11.7. The molecule has 25 heavy (non-hydrogen) atoms. The van der Waals surface area contributed by atoms with Crippen LogP contribution in [0.4, 0.5) is 0 Å². The molecule has 0 aliphatic heterocycles. The van der Waals surface area contributed by atoms with Gasteiger partial charge in [-0.1, -0.05) is 66.0 Å². The van der Waals surface area contributed by atoms with Crippen molar-refractivity contribution in [2.24, 2.45) is 0 Å². The van der Waals surface area contributed by atoms with Gasteiger partial charge in [-0.05, 0) is 23.3 Å². The molecule has 0 aliphatic rings. The van der Waals surface area contributed by atoms with E-state index in [0.29, 0.717) is 27.4 Å². The fourth-order valence-electron chi connectivity index (χ4n) is 2.03. The third-order valence-corrected chi connectivity index (χ3v) is 5.14. The summed E-state index contributed by atoms with van der Waals surface area (Å²) in [6.45, 7) is 0. The van der Waals surface area contributed by atoms with Crippen LogP contribution in [0.1, 0.15) is 16.7 Å². The number of aromatic amines is 1. The Labute approximate surface area is 153 Å². The van der Waals surface area contributed by atoms with Gasteiger partial charge in [0, 0.05) is 11.5 Å². The van der Waals surface area contributed by atoms with Crippen molar-refractivity contribution in [3.05, 3.63) is 81.8 Å². The van der Waals surface area contributed by atoms with E-state index in [2.05, 4.69) is 21.0 Å². The normalized spacial score (nSPS) is 10.4. The van der Waals surface area contributed by atoms with Crippen LogP contribution >= 0.6 is 23.5 Å². The van der Waals surface area contributed by atoms with E-state index < -0.39 is 5.69 Å². The van der Waals surface area contributed by atoms with Crippen LogP contribution in [0.3, 0.4) is 0 Å². The molecule has 0 bridgehead atoms. The molecule has 0 saturated carbocycles. The van der Waals surface area contributed by atoms with Crippen molar-refractivity contribution in [2.45, 2.75) is 21.8 Å². The zero-order chi connectivity index (χ0) is 17.5. The molecule has 0 unspecified atom stereocenters. The van der Waals surface area contributed by atoms with Gasteiger partial charge in [0.1, 0.15) is 0 Å². The monoisotopic (exact) mass is 366 g/mol. The van der Waals surface area contributed by atoms with E-state index >= 15 is 0 Å². The number of hydrogen-bond acceptors (Lipinski definition) is 6. The van der Waals surface area contributed by atoms with E-state index in [-0.39, 0.29) is 0 Å². The number of H-pyrrole nitrogens is 1. The van der Waals surface area contributed by atoms with Crippen LogP contribution in [0.25, 0.3) is 0 Å². The van der Waals surface area contributed by atoms with Gasteiger partial charge < -0.3 is 0 Å². The predicted octanol–water partition coefficient (Wildman–Crippen LogP) is 3.62. The first-order valence-corrected chi connectivity index (χ1v) is 9.47. The smallest absolute Gasteiger partial charge is 0.285 e. The lowest BCUT2D eigenvalue weighted by molar-refractivity contribution is 0.766. The van der Waals surface area contributed by atoms with Gasteiger partial charge in [-0.25, -0.2) is 4.79 Å².